The highest BCUT2D eigenvalue weighted by atomic mass is 127. The molecule has 0 heterocycles. The Balaban J connectivity index is 2.83. The van der Waals surface area contributed by atoms with Gasteiger partial charge in [0.1, 0.15) is 0 Å². The molecule has 1 aromatic carbocycles. The zero-order valence-corrected chi connectivity index (χ0v) is 12.6. The molecule has 0 radical (unpaired) electrons. The lowest BCUT2D eigenvalue weighted by Gasteiger charge is -2.17. The van der Waals surface area contributed by atoms with Crippen LogP contribution in [0.4, 0.5) is 5.69 Å². The lowest BCUT2D eigenvalue weighted by atomic mass is 10.2. The van der Waals surface area contributed by atoms with Crippen molar-refractivity contribution in [2.75, 3.05) is 19.8 Å². The molecule has 1 amide bonds. The molecule has 0 fully saturated rings. The number of hydrogen-bond acceptors (Lipinski definition) is 4. The third kappa shape index (κ3) is 3.59. The lowest BCUT2D eigenvalue weighted by Crippen LogP contribution is -2.35. The Labute approximate surface area is 119 Å². The molecule has 0 spiro atoms. The number of hydrogen-bond donors (Lipinski definition) is 1. The second-order valence-corrected chi connectivity index (χ2v) is 5.26. The monoisotopic (exact) mass is 362 g/mol. The predicted octanol–water partition coefficient (Wildman–Crippen LogP) is 1.51. The van der Waals surface area contributed by atoms with E-state index < -0.39 is 12.1 Å². The van der Waals surface area contributed by atoms with E-state index in [1.807, 2.05) is 0 Å². The van der Waals surface area contributed by atoms with Crippen LogP contribution < -0.4 is 5.73 Å². The van der Waals surface area contributed by atoms with Crippen LogP contribution in [0.25, 0.3) is 0 Å². The molecule has 5 nitrogen and oxygen atoms in total. The number of nitrogen functional groups attached to an aromatic ring is 1. The molecule has 0 saturated heterocycles. The first-order valence-corrected chi connectivity index (χ1v) is 6.38. The fourth-order valence-electron chi connectivity index (χ4n) is 1.34. The molecule has 0 aliphatic heterocycles. The van der Waals surface area contributed by atoms with E-state index in [-0.39, 0.29) is 11.5 Å². The predicted molar refractivity (Wildman–Crippen MR) is 77.1 cm³/mol. The van der Waals surface area contributed by atoms with Gasteiger partial charge in [0.2, 0.25) is 0 Å². The Morgan fingerprint density at radius 2 is 2.00 bits per heavy atom. The van der Waals surface area contributed by atoms with Crippen molar-refractivity contribution in [3.8, 4) is 0 Å². The van der Waals surface area contributed by atoms with Gasteiger partial charge in [0, 0.05) is 23.4 Å². The van der Waals surface area contributed by atoms with Crippen molar-refractivity contribution < 1.29 is 14.3 Å². The van der Waals surface area contributed by atoms with Crippen LogP contribution in [0.2, 0.25) is 0 Å². The van der Waals surface area contributed by atoms with Gasteiger partial charge in [-0.2, -0.15) is 0 Å². The van der Waals surface area contributed by atoms with E-state index in [9.17, 15) is 9.59 Å². The van der Waals surface area contributed by atoms with Crippen molar-refractivity contribution in [1.82, 2.24) is 4.90 Å². The van der Waals surface area contributed by atoms with Gasteiger partial charge in [0.05, 0.1) is 5.56 Å². The maximum absolute atomic E-state index is 11.9. The molecule has 18 heavy (non-hydrogen) atoms. The fourth-order valence-corrected chi connectivity index (χ4v) is 1.83. The Hall–Kier alpha value is -1.31. The summed E-state index contributed by atoms with van der Waals surface area (Å²) >= 11 is 2.07. The Bertz CT molecular complexity index is 474. The summed E-state index contributed by atoms with van der Waals surface area (Å²) in [5.74, 6) is -0.860. The summed E-state index contributed by atoms with van der Waals surface area (Å²) in [6.07, 6.45) is -0.829. The van der Waals surface area contributed by atoms with Crippen molar-refractivity contribution >= 4 is 40.2 Å². The second kappa shape index (κ2) is 6.03. The van der Waals surface area contributed by atoms with Crippen LogP contribution in [-0.2, 0) is 9.53 Å². The molecule has 98 valence electrons. The van der Waals surface area contributed by atoms with E-state index >= 15 is 0 Å². The van der Waals surface area contributed by atoms with Gasteiger partial charge < -0.3 is 15.4 Å². The third-order valence-corrected chi connectivity index (χ3v) is 2.98. The molecule has 0 saturated carbocycles. The van der Waals surface area contributed by atoms with Gasteiger partial charge in [0.25, 0.3) is 5.91 Å². The number of nitrogens with two attached hydrogens (primary N) is 1. The van der Waals surface area contributed by atoms with E-state index in [2.05, 4.69) is 22.6 Å². The molecular formula is C12H15IN2O3. The summed E-state index contributed by atoms with van der Waals surface area (Å²) in [5, 5.41) is 0. The van der Waals surface area contributed by atoms with Gasteiger partial charge in [-0.25, -0.2) is 4.79 Å². The molecule has 1 atom stereocenters. The third-order valence-electron chi connectivity index (χ3n) is 2.31. The van der Waals surface area contributed by atoms with E-state index in [0.29, 0.717) is 5.69 Å². The standard InChI is InChI=1S/C12H15IN2O3/c1-7(11(16)15(2)3)18-12(17)9-6-8(13)4-5-10(9)14/h4-7H,14H2,1-3H3/t7-/m0/s1. The molecule has 1 rings (SSSR count). The van der Waals surface area contributed by atoms with Crippen LogP contribution in [0.1, 0.15) is 17.3 Å². The minimum Gasteiger partial charge on any atom is -0.449 e. The molecule has 0 aliphatic rings. The van der Waals surface area contributed by atoms with Crippen LogP contribution >= 0.6 is 22.6 Å². The second-order valence-electron chi connectivity index (χ2n) is 4.01. The average Bonchev–Trinajstić information content (AvgIpc) is 2.30. The summed E-state index contributed by atoms with van der Waals surface area (Å²) in [6.45, 7) is 1.53. The van der Waals surface area contributed by atoms with E-state index in [0.717, 1.165) is 3.57 Å². The van der Waals surface area contributed by atoms with Crippen LogP contribution in [0.15, 0.2) is 18.2 Å². The van der Waals surface area contributed by atoms with Gasteiger partial charge in [0.15, 0.2) is 6.10 Å². The van der Waals surface area contributed by atoms with Crippen molar-refractivity contribution in [2.45, 2.75) is 13.0 Å². The highest BCUT2D eigenvalue weighted by Gasteiger charge is 2.21. The van der Waals surface area contributed by atoms with Gasteiger partial charge in [-0.3, -0.25) is 4.79 Å². The number of rotatable bonds is 3. The van der Waals surface area contributed by atoms with Crippen LogP contribution in [0.5, 0.6) is 0 Å². The molecule has 1 aromatic rings. The van der Waals surface area contributed by atoms with Crippen LogP contribution in [0, 0.1) is 3.57 Å². The summed E-state index contributed by atoms with van der Waals surface area (Å²) in [5.41, 5.74) is 6.32. The lowest BCUT2D eigenvalue weighted by molar-refractivity contribution is -0.137. The topological polar surface area (TPSA) is 72.6 Å². The molecule has 0 aromatic heterocycles. The molecule has 0 aliphatic carbocycles. The van der Waals surface area contributed by atoms with E-state index in [1.165, 1.54) is 11.8 Å². The molecule has 0 bridgehead atoms. The normalized spacial score (nSPS) is 11.8. The molecule has 2 N–H and O–H groups in total. The summed E-state index contributed by atoms with van der Waals surface area (Å²) in [7, 11) is 3.21. The van der Waals surface area contributed by atoms with E-state index in [4.69, 9.17) is 10.5 Å². The number of nitrogens with zero attached hydrogens (tertiary/aromatic N) is 1. The first-order valence-electron chi connectivity index (χ1n) is 5.30. The smallest absolute Gasteiger partial charge is 0.341 e. The first kappa shape index (κ1) is 14.7. The van der Waals surface area contributed by atoms with Crippen molar-refractivity contribution in [2.24, 2.45) is 0 Å². The largest absolute Gasteiger partial charge is 0.449 e. The van der Waals surface area contributed by atoms with Gasteiger partial charge in [-0.1, -0.05) is 0 Å². The zero-order valence-electron chi connectivity index (χ0n) is 10.4. The quantitative estimate of drug-likeness (QED) is 0.503. The Morgan fingerprint density at radius 3 is 2.56 bits per heavy atom. The molecule has 6 heteroatoms. The molecule has 0 unspecified atom stereocenters. The first-order chi connectivity index (χ1) is 8.32. The maximum Gasteiger partial charge on any atom is 0.341 e. The summed E-state index contributed by atoms with van der Waals surface area (Å²) < 4.78 is 5.96. The number of halogens is 1. The number of benzene rings is 1. The number of amides is 1. The Morgan fingerprint density at radius 1 is 1.39 bits per heavy atom. The number of likely N-dealkylation sites (N-methyl/N-ethyl adjacent to an activating group) is 1. The van der Waals surface area contributed by atoms with Gasteiger partial charge >= 0.3 is 5.97 Å². The minimum atomic E-state index is -0.829. The van der Waals surface area contributed by atoms with Crippen LogP contribution in [-0.4, -0.2) is 37.0 Å². The van der Waals surface area contributed by atoms with Crippen molar-refractivity contribution in [1.29, 1.82) is 0 Å². The number of ether oxygens (including phenoxy) is 1. The number of carbonyl (C=O) groups is 2. The van der Waals surface area contributed by atoms with Gasteiger partial charge in [-0.15, -0.1) is 0 Å². The number of carbonyl (C=O) groups excluding carboxylic acids is 2. The highest BCUT2D eigenvalue weighted by Crippen LogP contribution is 2.17. The SMILES string of the molecule is C[C@H](OC(=O)c1cc(I)ccc1N)C(=O)N(C)C. The highest BCUT2D eigenvalue weighted by molar-refractivity contribution is 14.1. The van der Waals surface area contributed by atoms with Crippen molar-refractivity contribution in [3.63, 3.8) is 0 Å². The maximum atomic E-state index is 11.9. The van der Waals surface area contributed by atoms with E-state index in [1.54, 1.807) is 32.3 Å². The zero-order chi connectivity index (χ0) is 13.9. The van der Waals surface area contributed by atoms with Crippen molar-refractivity contribution in [3.05, 3.63) is 27.3 Å². The minimum absolute atomic E-state index is 0.271. The molecular weight excluding hydrogens is 347 g/mol. The fraction of sp³-hybridized carbons (Fsp3) is 0.333. The van der Waals surface area contributed by atoms with Crippen LogP contribution in [0.3, 0.4) is 0 Å². The summed E-state index contributed by atoms with van der Waals surface area (Å²) in [6, 6.07) is 5.06. The summed E-state index contributed by atoms with van der Waals surface area (Å²) in [4.78, 5) is 24.8. The average molecular weight is 362 g/mol. The number of esters is 1. The Kier molecular flexibility index (Phi) is 4.94. The number of anilines is 1. The van der Waals surface area contributed by atoms with Gasteiger partial charge in [-0.05, 0) is 47.7 Å².